The quantitative estimate of drug-likeness (QED) is 0.401. The average molecular weight is 248 g/mol. The third-order valence-electron chi connectivity index (χ3n) is 1.21. The minimum atomic E-state index is -0.432. The highest BCUT2D eigenvalue weighted by molar-refractivity contribution is 9.10. The summed E-state index contributed by atoms with van der Waals surface area (Å²) in [6, 6.07) is 4.05. The fraction of sp³-hybridized carbons (Fsp3) is 0. The molecule has 0 radical (unpaired) electrons. The van der Waals surface area contributed by atoms with Gasteiger partial charge in [-0.25, -0.2) is 14.9 Å². The van der Waals surface area contributed by atoms with E-state index in [0.29, 0.717) is 10.2 Å². The number of nitrogens with zero attached hydrogens (tertiary/aromatic N) is 1. The molecule has 0 bridgehead atoms. The summed E-state index contributed by atoms with van der Waals surface area (Å²) >= 11 is 3.09. The zero-order valence-corrected chi connectivity index (χ0v) is 8.05. The van der Waals surface area contributed by atoms with E-state index in [1.165, 1.54) is 12.1 Å². The molecule has 4 N–H and O–H groups in total. The summed E-state index contributed by atoms with van der Waals surface area (Å²) in [6.45, 7) is 0. The van der Waals surface area contributed by atoms with Gasteiger partial charge in [0, 0.05) is 4.47 Å². The molecule has 0 aromatic heterocycles. The highest BCUT2D eigenvalue weighted by Crippen LogP contribution is 2.20. The largest absolute Gasteiger partial charge is 0.368 e. The van der Waals surface area contributed by atoms with Crippen LogP contribution in [0.4, 0.5) is 10.1 Å². The second-order valence-corrected chi connectivity index (χ2v) is 3.15. The molecule has 0 amide bonds. The Labute approximate surface area is 82.4 Å². The van der Waals surface area contributed by atoms with Crippen molar-refractivity contribution in [3.8, 4) is 0 Å². The maximum absolute atomic E-state index is 12.8. The maximum Gasteiger partial charge on any atom is 0.218 e. The maximum atomic E-state index is 12.8. The van der Waals surface area contributed by atoms with Gasteiger partial charge in [-0.3, -0.25) is 5.21 Å². The van der Waals surface area contributed by atoms with Crippen molar-refractivity contribution in [3.05, 3.63) is 28.5 Å². The summed E-state index contributed by atoms with van der Waals surface area (Å²) in [5, 5.41) is 8.32. The molecule has 0 aliphatic rings. The fourth-order valence-electron chi connectivity index (χ4n) is 0.768. The summed E-state index contributed by atoms with van der Waals surface area (Å²) in [4.78, 5) is 3.66. The first-order valence-electron chi connectivity index (χ1n) is 3.32. The van der Waals surface area contributed by atoms with Crippen molar-refractivity contribution in [2.24, 2.45) is 10.7 Å². The van der Waals surface area contributed by atoms with Crippen molar-refractivity contribution in [2.75, 3.05) is 0 Å². The minimum absolute atomic E-state index is 0.197. The van der Waals surface area contributed by atoms with Crippen LogP contribution in [0.25, 0.3) is 0 Å². The van der Waals surface area contributed by atoms with Crippen LogP contribution in [0.2, 0.25) is 0 Å². The predicted octanol–water partition coefficient (Wildman–Crippen LogP) is 1.51. The van der Waals surface area contributed by atoms with Crippen molar-refractivity contribution in [2.45, 2.75) is 0 Å². The Morgan fingerprint density at radius 3 is 2.77 bits per heavy atom. The first kappa shape index (κ1) is 9.94. The molecule has 1 rings (SSSR count). The summed E-state index contributed by atoms with van der Waals surface area (Å²) in [7, 11) is 0. The Hall–Kier alpha value is -1.14. The van der Waals surface area contributed by atoms with Gasteiger partial charge < -0.3 is 5.73 Å². The standard InChI is InChI=1S/C7H7BrFN3O/c8-4-1-5(9)3-6(2-4)11-7(10)12-13/h1-3,13H,(H3,10,11,12). The van der Waals surface area contributed by atoms with Gasteiger partial charge in [0.05, 0.1) is 5.69 Å². The number of hydroxylamine groups is 1. The molecule has 13 heavy (non-hydrogen) atoms. The molecule has 0 aliphatic heterocycles. The molecular weight excluding hydrogens is 241 g/mol. The number of aliphatic imine (C=N–C) groups is 1. The topological polar surface area (TPSA) is 70.6 Å². The second-order valence-electron chi connectivity index (χ2n) is 2.24. The van der Waals surface area contributed by atoms with Gasteiger partial charge in [0.1, 0.15) is 5.82 Å². The van der Waals surface area contributed by atoms with Gasteiger partial charge in [-0.2, -0.15) is 0 Å². The van der Waals surface area contributed by atoms with Crippen LogP contribution >= 0.6 is 15.9 Å². The molecule has 1 aromatic carbocycles. The average Bonchev–Trinajstić information content (AvgIpc) is 2.02. The molecule has 0 saturated carbocycles. The molecule has 0 aliphatic carbocycles. The Morgan fingerprint density at radius 2 is 2.23 bits per heavy atom. The number of benzene rings is 1. The van der Waals surface area contributed by atoms with E-state index in [2.05, 4.69) is 20.9 Å². The summed E-state index contributed by atoms with van der Waals surface area (Å²) in [5.74, 6) is -0.628. The first-order chi connectivity index (χ1) is 6.11. The van der Waals surface area contributed by atoms with Crippen LogP contribution in [-0.2, 0) is 0 Å². The number of guanidine groups is 1. The van der Waals surface area contributed by atoms with E-state index in [0.717, 1.165) is 0 Å². The van der Waals surface area contributed by atoms with E-state index < -0.39 is 5.82 Å². The van der Waals surface area contributed by atoms with Gasteiger partial charge in [-0.05, 0) is 18.2 Å². The van der Waals surface area contributed by atoms with E-state index >= 15 is 0 Å². The number of halogens is 2. The molecule has 0 unspecified atom stereocenters. The van der Waals surface area contributed by atoms with Gasteiger partial charge >= 0.3 is 0 Å². The van der Waals surface area contributed by atoms with Crippen LogP contribution in [0.15, 0.2) is 27.7 Å². The zero-order chi connectivity index (χ0) is 9.84. The number of hydrogen-bond acceptors (Lipinski definition) is 2. The summed E-state index contributed by atoms with van der Waals surface area (Å²) in [6.07, 6.45) is 0. The molecule has 0 fully saturated rings. The van der Waals surface area contributed by atoms with Crippen LogP contribution in [-0.4, -0.2) is 11.2 Å². The molecular formula is C7H7BrFN3O. The van der Waals surface area contributed by atoms with Crippen LogP contribution < -0.4 is 11.2 Å². The van der Waals surface area contributed by atoms with Gasteiger partial charge in [0.15, 0.2) is 0 Å². The van der Waals surface area contributed by atoms with E-state index in [1.54, 1.807) is 11.5 Å². The van der Waals surface area contributed by atoms with Crippen LogP contribution in [0.5, 0.6) is 0 Å². The lowest BCUT2D eigenvalue weighted by atomic mass is 10.3. The Morgan fingerprint density at radius 1 is 1.54 bits per heavy atom. The van der Waals surface area contributed by atoms with Crippen molar-refractivity contribution >= 4 is 27.6 Å². The van der Waals surface area contributed by atoms with Crippen molar-refractivity contribution in [1.29, 1.82) is 0 Å². The van der Waals surface area contributed by atoms with Crippen LogP contribution in [0, 0.1) is 5.82 Å². The third-order valence-corrected chi connectivity index (χ3v) is 1.67. The molecule has 4 nitrogen and oxygen atoms in total. The lowest BCUT2D eigenvalue weighted by molar-refractivity contribution is 0.233. The molecule has 0 spiro atoms. The predicted molar refractivity (Wildman–Crippen MR) is 50.3 cm³/mol. The van der Waals surface area contributed by atoms with Crippen LogP contribution in [0.1, 0.15) is 0 Å². The molecule has 70 valence electrons. The molecule has 1 aromatic rings. The van der Waals surface area contributed by atoms with E-state index in [9.17, 15) is 4.39 Å². The van der Waals surface area contributed by atoms with E-state index in [1.807, 2.05) is 0 Å². The van der Waals surface area contributed by atoms with E-state index in [-0.39, 0.29) is 5.96 Å². The van der Waals surface area contributed by atoms with Crippen molar-refractivity contribution in [1.82, 2.24) is 5.48 Å². The lowest BCUT2D eigenvalue weighted by Gasteiger charge is -1.98. The summed E-state index contributed by atoms with van der Waals surface area (Å²) < 4.78 is 13.3. The Balaban J connectivity index is 3.02. The zero-order valence-electron chi connectivity index (χ0n) is 6.46. The van der Waals surface area contributed by atoms with Crippen molar-refractivity contribution in [3.63, 3.8) is 0 Å². The highest BCUT2D eigenvalue weighted by atomic mass is 79.9. The summed E-state index contributed by atoms with van der Waals surface area (Å²) in [5.41, 5.74) is 7.11. The highest BCUT2D eigenvalue weighted by Gasteiger charge is 1.98. The fourth-order valence-corrected chi connectivity index (χ4v) is 1.22. The molecule has 6 heteroatoms. The number of hydrogen-bond donors (Lipinski definition) is 3. The molecule has 0 saturated heterocycles. The number of nitrogens with two attached hydrogens (primary N) is 1. The first-order valence-corrected chi connectivity index (χ1v) is 4.11. The third kappa shape index (κ3) is 3.00. The van der Waals surface area contributed by atoms with Gasteiger partial charge in [0.2, 0.25) is 5.96 Å². The van der Waals surface area contributed by atoms with Gasteiger partial charge in [0.25, 0.3) is 0 Å². The van der Waals surface area contributed by atoms with Gasteiger partial charge in [-0.15, -0.1) is 0 Å². The second kappa shape index (κ2) is 4.20. The van der Waals surface area contributed by atoms with E-state index in [4.69, 9.17) is 10.9 Å². The smallest absolute Gasteiger partial charge is 0.218 e. The lowest BCUT2D eigenvalue weighted by Crippen LogP contribution is -2.27. The normalized spacial score (nSPS) is 11.5. The molecule has 0 atom stereocenters. The number of rotatable bonds is 1. The number of nitrogens with one attached hydrogen (secondary N) is 1. The van der Waals surface area contributed by atoms with Crippen LogP contribution in [0.3, 0.4) is 0 Å². The Bertz CT molecular complexity index is 322. The minimum Gasteiger partial charge on any atom is -0.368 e. The monoisotopic (exact) mass is 247 g/mol. The molecule has 0 heterocycles. The van der Waals surface area contributed by atoms with Gasteiger partial charge in [-0.1, -0.05) is 15.9 Å². The van der Waals surface area contributed by atoms with Crippen molar-refractivity contribution < 1.29 is 9.60 Å². The SMILES string of the molecule is NC(=Nc1cc(F)cc(Br)c1)NO. The Kier molecular flexibility index (Phi) is 3.21.